The van der Waals surface area contributed by atoms with Gasteiger partial charge in [-0.3, -0.25) is 14.5 Å². The lowest BCUT2D eigenvalue weighted by atomic mass is 10.1. The van der Waals surface area contributed by atoms with Crippen molar-refractivity contribution >= 4 is 11.8 Å². The van der Waals surface area contributed by atoms with Crippen LogP contribution in [0.5, 0.6) is 5.88 Å². The fraction of sp³-hybridized carbons (Fsp3) is 0.667. The van der Waals surface area contributed by atoms with E-state index in [1.165, 1.54) is 12.8 Å². The number of likely N-dealkylation sites (tertiary alicyclic amines) is 1. The third-order valence-corrected chi connectivity index (χ3v) is 6.43. The van der Waals surface area contributed by atoms with Gasteiger partial charge in [0, 0.05) is 18.2 Å². The average Bonchev–Trinajstić information content (AvgIpc) is 3.46. The minimum Gasteiger partial charge on any atom is -0.481 e. The van der Waals surface area contributed by atoms with Crippen LogP contribution in [-0.4, -0.2) is 58.9 Å². The summed E-state index contributed by atoms with van der Waals surface area (Å²) < 4.78 is 5.46. The lowest BCUT2D eigenvalue weighted by molar-refractivity contribution is -0.125. The zero-order valence-electron chi connectivity index (χ0n) is 16.9. The summed E-state index contributed by atoms with van der Waals surface area (Å²) in [4.78, 5) is 34.2. The monoisotopic (exact) mass is 386 g/mol. The fourth-order valence-electron chi connectivity index (χ4n) is 4.71. The van der Waals surface area contributed by atoms with Crippen LogP contribution >= 0.6 is 0 Å². The summed E-state index contributed by atoms with van der Waals surface area (Å²) in [5.74, 6) is 0.562. The molecule has 0 spiro atoms. The minimum atomic E-state index is -0.143. The molecule has 0 unspecified atom stereocenters. The van der Waals surface area contributed by atoms with Crippen LogP contribution in [0, 0.1) is 0 Å². The highest BCUT2D eigenvalue weighted by Gasteiger charge is 2.36. The van der Waals surface area contributed by atoms with Gasteiger partial charge in [-0.25, -0.2) is 4.98 Å². The molecule has 1 N–H and O–H groups in total. The number of pyridine rings is 1. The van der Waals surface area contributed by atoms with Gasteiger partial charge >= 0.3 is 0 Å². The van der Waals surface area contributed by atoms with Crippen LogP contribution in [-0.2, 0) is 17.9 Å². The topological polar surface area (TPSA) is 74.8 Å². The third-order valence-electron chi connectivity index (χ3n) is 6.43. The number of hydrogen-bond acceptors (Lipinski definition) is 5. The molecule has 0 aromatic carbocycles. The fourth-order valence-corrected chi connectivity index (χ4v) is 4.71. The lowest BCUT2D eigenvalue weighted by Crippen LogP contribution is -2.43. The van der Waals surface area contributed by atoms with Crippen molar-refractivity contribution in [3.63, 3.8) is 0 Å². The first kappa shape index (κ1) is 19.2. The van der Waals surface area contributed by atoms with Crippen molar-refractivity contribution in [2.75, 3.05) is 20.2 Å². The average molecular weight is 386 g/mol. The van der Waals surface area contributed by atoms with Gasteiger partial charge in [-0.05, 0) is 51.8 Å². The Morgan fingerprint density at radius 2 is 2.00 bits per heavy atom. The second-order valence-electron chi connectivity index (χ2n) is 8.16. The van der Waals surface area contributed by atoms with Crippen LogP contribution in [0.4, 0.5) is 0 Å². The number of ether oxygens (including phenoxy) is 1. The predicted molar refractivity (Wildman–Crippen MR) is 105 cm³/mol. The molecule has 0 radical (unpaired) electrons. The summed E-state index contributed by atoms with van der Waals surface area (Å²) in [7, 11) is 1.58. The Bertz CT molecular complexity index is 754. The summed E-state index contributed by atoms with van der Waals surface area (Å²) in [6.07, 6.45) is 6.84. The number of rotatable bonds is 6. The Labute approximate surface area is 166 Å². The van der Waals surface area contributed by atoms with E-state index < -0.39 is 0 Å². The number of carbonyl (C=O) groups is 2. The maximum atomic E-state index is 12.9. The summed E-state index contributed by atoms with van der Waals surface area (Å²) in [5.41, 5.74) is 2.20. The molecule has 1 aliphatic carbocycles. The Balaban J connectivity index is 1.46. The van der Waals surface area contributed by atoms with Crippen LogP contribution in [0.3, 0.4) is 0 Å². The summed E-state index contributed by atoms with van der Waals surface area (Å²) in [6.45, 7) is 4.78. The molecule has 1 aromatic rings. The van der Waals surface area contributed by atoms with Gasteiger partial charge < -0.3 is 15.0 Å². The molecule has 1 saturated heterocycles. The summed E-state index contributed by atoms with van der Waals surface area (Å²) in [6, 6.07) is 2.05. The number of nitrogens with one attached hydrogen (secondary N) is 1. The third kappa shape index (κ3) is 3.60. The van der Waals surface area contributed by atoms with Crippen molar-refractivity contribution in [2.45, 2.75) is 70.6 Å². The van der Waals surface area contributed by atoms with Crippen LogP contribution in [0.1, 0.15) is 67.1 Å². The zero-order chi connectivity index (χ0) is 19.7. The van der Waals surface area contributed by atoms with E-state index >= 15 is 0 Å². The van der Waals surface area contributed by atoms with Gasteiger partial charge in [0.25, 0.3) is 5.91 Å². The first-order chi connectivity index (χ1) is 13.6. The van der Waals surface area contributed by atoms with E-state index in [-0.39, 0.29) is 17.9 Å². The quantitative estimate of drug-likeness (QED) is 0.810. The van der Waals surface area contributed by atoms with E-state index in [2.05, 4.69) is 15.2 Å². The lowest BCUT2D eigenvalue weighted by Gasteiger charge is -2.23. The molecule has 3 aliphatic rings. The van der Waals surface area contributed by atoms with E-state index in [0.717, 1.165) is 50.0 Å². The van der Waals surface area contributed by atoms with Crippen LogP contribution < -0.4 is 10.1 Å². The van der Waals surface area contributed by atoms with E-state index in [1.807, 2.05) is 17.9 Å². The number of aromatic nitrogens is 1. The van der Waals surface area contributed by atoms with Gasteiger partial charge in [0.1, 0.15) is 0 Å². The Kier molecular flexibility index (Phi) is 5.53. The molecule has 0 bridgehead atoms. The number of carbonyl (C=O) groups excluding carboxylic acids is 2. The van der Waals surface area contributed by atoms with Gasteiger partial charge in [-0.2, -0.15) is 0 Å². The van der Waals surface area contributed by atoms with Gasteiger partial charge in [0.05, 0.1) is 31.0 Å². The normalized spacial score (nSPS) is 21.2. The van der Waals surface area contributed by atoms with E-state index in [1.54, 1.807) is 7.11 Å². The first-order valence-corrected chi connectivity index (χ1v) is 10.5. The van der Waals surface area contributed by atoms with Crippen molar-refractivity contribution in [3.8, 4) is 5.88 Å². The van der Waals surface area contributed by atoms with Crippen molar-refractivity contribution in [1.82, 2.24) is 20.1 Å². The molecule has 7 heteroatoms. The Morgan fingerprint density at radius 3 is 2.68 bits per heavy atom. The largest absolute Gasteiger partial charge is 0.481 e. The minimum absolute atomic E-state index is 0.00311. The number of amides is 2. The van der Waals surface area contributed by atoms with E-state index in [4.69, 9.17) is 4.74 Å². The Hall–Kier alpha value is -2.15. The summed E-state index contributed by atoms with van der Waals surface area (Å²) >= 11 is 0. The molecule has 2 amide bonds. The maximum Gasteiger partial charge on any atom is 0.256 e. The highest BCUT2D eigenvalue weighted by atomic mass is 16.5. The van der Waals surface area contributed by atoms with E-state index in [0.29, 0.717) is 30.6 Å². The predicted octanol–water partition coefficient (Wildman–Crippen LogP) is 2.09. The van der Waals surface area contributed by atoms with Crippen LogP contribution in [0.15, 0.2) is 6.07 Å². The molecule has 7 nitrogen and oxygen atoms in total. The molecule has 4 rings (SSSR count). The van der Waals surface area contributed by atoms with Gasteiger partial charge in [0.2, 0.25) is 11.8 Å². The number of nitrogens with zero attached hydrogens (tertiary/aromatic N) is 3. The molecular weight excluding hydrogens is 356 g/mol. The van der Waals surface area contributed by atoms with Gasteiger partial charge in [-0.1, -0.05) is 12.8 Å². The SMILES string of the molecule is COc1nc2c(cc1CNC(=O)[C@H](C)N1CCCC1)C(=O)N(C1CCCC1)C2. The Morgan fingerprint density at radius 1 is 1.29 bits per heavy atom. The van der Waals surface area contributed by atoms with Crippen molar-refractivity contribution in [3.05, 3.63) is 22.9 Å². The maximum absolute atomic E-state index is 12.9. The second-order valence-corrected chi connectivity index (χ2v) is 8.16. The van der Waals surface area contributed by atoms with Crippen molar-refractivity contribution < 1.29 is 14.3 Å². The number of hydrogen-bond donors (Lipinski definition) is 1. The van der Waals surface area contributed by atoms with Crippen LogP contribution in [0.2, 0.25) is 0 Å². The van der Waals surface area contributed by atoms with Gasteiger partial charge in [-0.15, -0.1) is 0 Å². The molecule has 1 atom stereocenters. The molecule has 2 aliphatic heterocycles. The number of methoxy groups -OCH3 is 1. The molecule has 28 heavy (non-hydrogen) atoms. The van der Waals surface area contributed by atoms with Crippen molar-refractivity contribution in [2.24, 2.45) is 0 Å². The van der Waals surface area contributed by atoms with Gasteiger partial charge in [0.15, 0.2) is 0 Å². The van der Waals surface area contributed by atoms with Crippen LogP contribution in [0.25, 0.3) is 0 Å². The molecule has 3 heterocycles. The molecule has 2 fully saturated rings. The molecule has 1 saturated carbocycles. The van der Waals surface area contributed by atoms with Crippen molar-refractivity contribution in [1.29, 1.82) is 0 Å². The first-order valence-electron chi connectivity index (χ1n) is 10.5. The summed E-state index contributed by atoms with van der Waals surface area (Å²) in [5, 5.41) is 3.00. The smallest absolute Gasteiger partial charge is 0.256 e. The molecular formula is C21H30N4O3. The standard InChI is InChI=1S/C21H30N4O3/c1-14(24-9-5-6-10-24)19(26)22-12-15-11-17-18(23-20(15)28-2)13-25(21(17)27)16-7-3-4-8-16/h11,14,16H,3-10,12-13H2,1-2H3,(H,22,26)/t14-/m0/s1. The highest BCUT2D eigenvalue weighted by molar-refractivity contribution is 5.98. The number of fused-ring (bicyclic) bond motifs is 1. The molecule has 152 valence electrons. The molecule has 1 aromatic heterocycles. The zero-order valence-corrected chi connectivity index (χ0v) is 16.9. The highest BCUT2D eigenvalue weighted by Crippen LogP contribution is 2.33. The second kappa shape index (κ2) is 8.07. The van der Waals surface area contributed by atoms with E-state index in [9.17, 15) is 9.59 Å².